The molecule has 1 aliphatic carbocycles. The summed E-state index contributed by atoms with van der Waals surface area (Å²) < 4.78 is 1.48. The molecule has 0 N–H and O–H groups in total. The lowest BCUT2D eigenvalue weighted by Crippen LogP contribution is -2.17. The van der Waals surface area contributed by atoms with Gasteiger partial charge in [0.25, 0.3) is 0 Å². The Morgan fingerprint density at radius 3 is 1.94 bits per heavy atom. The van der Waals surface area contributed by atoms with Gasteiger partial charge < -0.3 is 4.74 Å². The summed E-state index contributed by atoms with van der Waals surface area (Å²) in [6.45, 7) is 2.17. The van der Waals surface area contributed by atoms with Crippen LogP contribution in [0.3, 0.4) is 0 Å². The average Bonchev–Trinajstić information content (AvgIpc) is 3.08. The first-order valence-electron chi connectivity index (χ1n) is 10.1. The topological polar surface area (TPSA) is 47.9 Å². The highest BCUT2D eigenvalue weighted by Gasteiger charge is 2.34. The first-order chi connectivity index (χ1) is 16.0. The Kier molecular flexibility index (Phi) is 7.40. The summed E-state index contributed by atoms with van der Waals surface area (Å²) in [5.74, 6) is 0.858. The summed E-state index contributed by atoms with van der Waals surface area (Å²) in [4.78, 5) is 12.5. The molecule has 34 heavy (non-hydrogen) atoms. The van der Waals surface area contributed by atoms with E-state index in [0.717, 1.165) is 28.0 Å². The van der Waals surface area contributed by atoms with Gasteiger partial charge in [-0.15, -0.1) is 0 Å². The zero-order chi connectivity index (χ0) is 24.7. The van der Waals surface area contributed by atoms with Gasteiger partial charge in [-0.05, 0) is 46.0 Å². The van der Waals surface area contributed by atoms with E-state index in [0.29, 0.717) is 0 Å². The normalized spacial score (nSPS) is 16.3. The van der Waals surface area contributed by atoms with Crippen LogP contribution in [0.15, 0.2) is 54.6 Å². The van der Waals surface area contributed by atoms with Crippen LogP contribution in [0.4, 0.5) is 0 Å². The number of benzene rings is 2. The van der Waals surface area contributed by atoms with E-state index < -0.39 is 7.59 Å². The van der Waals surface area contributed by atoms with Crippen LogP contribution < -0.4 is 4.74 Å². The Hall–Kier alpha value is -1.53. The molecule has 1 aliphatic rings. The van der Waals surface area contributed by atoms with Crippen molar-refractivity contribution in [1.29, 1.82) is 0 Å². The van der Waals surface area contributed by atoms with Crippen LogP contribution >= 0.6 is 69.6 Å². The summed E-state index contributed by atoms with van der Waals surface area (Å²) in [6.07, 6.45) is 3.61. The maximum atomic E-state index is 6.00. The van der Waals surface area contributed by atoms with Crippen LogP contribution in [0.25, 0.3) is 17.2 Å². The molecule has 0 radical (unpaired) electrons. The Labute approximate surface area is 227 Å². The molecular formula is C24H17Cl6N3O. The molecule has 3 aromatic rings. The van der Waals surface area contributed by atoms with Gasteiger partial charge in [-0.2, -0.15) is 0 Å². The maximum Gasteiger partial charge on any atom is 0.250 e. The molecule has 176 valence electrons. The number of ether oxygens (including phenoxy) is 1. The van der Waals surface area contributed by atoms with Gasteiger partial charge in [-0.25, -0.2) is 15.0 Å². The van der Waals surface area contributed by atoms with Crippen molar-refractivity contribution in [3.8, 4) is 5.75 Å². The molecular weight excluding hydrogens is 559 g/mol. The minimum absolute atomic E-state index is 0.141. The minimum atomic E-state index is -1.92. The molecule has 10 heteroatoms. The molecule has 0 bridgehead atoms. The van der Waals surface area contributed by atoms with Crippen molar-refractivity contribution in [2.75, 3.05) is 7.11 Å². The van der Waals surface area contributed by atoms with E-state index in [2.05, 4.69) is 34.0 Å². The van der Waals surface area contributed by atoms with Crippen molar-refractivity contribution >= 4 is 86.8 Å². The van der Waals surface area contributed by atoms with Crippen molar-refractivity contribution in [3.05, 3.63) is 88.8 Å². The Balaban J connectivity index is 1.85. The standard InChI is InChI=1S/C24H17Cl6N3O/c1-13-16-5-3-4-6-17(16)18(20(13)14-7-9-15(34-2)10-8-14)11-12-19-31-21(23(25,26)27)33-22(32-19)24(28,29)30/h3-13H,1-2H3/b12-11+. The van der Waals surface area contributed by atoms with Gasteiger partial charge in [0.2, 0.25) is 7.59 Å². The predicted octanol–water partition coefficient (Wildman–Crippen LogP) is 8.27. The van der Waals surface area contributed by atoms with E-state index in [1.807, 2.05) is 42.5 Å². The number of allylic oxidation sites excluding steroid dienone is 3. The second kappa shape index (κ2) is 9.85. The number of aromatic nitrogens is 3. The van der Waals surface area contributed by atoms with E-state index in [1.165, 1.54) is 5.56 Å². The maximum absolute atomic E-state index is 6.00. The summed E-state index contributed by atoms with van der Waals surface area (Å²) in [7, 11) is 1.64. The van der Waals surface area contributed by atoms with Crippen LogP contribution in [0, 0.1) is 0 Å². The molecule has 2 aromatic carbocycles. The molecule has 0 aliphatic heterocycles. The van der Waals surface area contributed by atoms with Gasteiger partial charge in [0.05, 0.1) is 7.11 Å². The summed E-state index contributed by atoms with van der Waals surface area (Å²) >= 11 is 36.0. The fourth-order valence-electron chi connectivity index (χ4n) is 3.89. The number of rotatable bonds is 4. The average molecular weight is 576 g/mol. The van der Waals surface area contributed by atoms with Crippen LogP contribution in [0.2, 0.25) is 0 Å². The lowest BCUT2D eigenvalue weighted by molar-refractivity contribution is 0.415. The molecule has 1 unspecified atom stereocenters. The minimum Gasteiger partial charge on any atom is -0.497 e. The van der Waals surface area contributed by atoms with Crippen molar-refractivity contribution < 1.29 is 4.74 Å². The van der Waals surface area contributed by atoms with Crippen molar-refractivity contribution in [2.45, 2.75) is 20.4 Å². The summed E-state index contributed by atoms with van der Waals surface area (Å²) in [6, 6.07) is 16.2. The van der Waals surface area contributed by atoms with E-state index in [-0.39, 0.29) is 23.4 Å². The number of hydrogen-bond donors (Lipinski definition) is 0. The summed E-state index contributed by atoms with van der Waals surface area (Å²) in [5, 5.41) is 0. The number of fused-ring (bicyclic) bond motifs is 1. The van der Waals surface area contributed by atoms with Crippen molar-refractivity contribution in [2.24, 2.45) is 0 Å². The lowest BCUT2D eigenvalue weighted by Gasteiger charge is -2.14. The number of alkyl halides is 6. The van der Waals surface area contributed by atoms with Crippen LogP contribution in [0.5, 0.6) is 5.75 Å². The monoisotopic (exact) mass is 573 g/mol. The zero-order valence-electron chi connectivity index (χ0n) is 17.9. The van der Waals surface area contributed by atoms with Crippen LogP contribution in [-0.2, 0) is 7.59 Å². The second-order valence-corrected chi connectivity index (χ2v) is 12.1. The third-order valence-corrected chi connectivity index (χ3v) is 6.41. The van der Waals surface area contributed by atoms with E-state index in [9.17, 15) is 0 Å². The quantitative estimate of drug-likeness (QED) is 0.294. The highest BCUT2D eigenvalue weighted by atomic mass is 35.6. The fourth-order valence-corrected chi connectivity index (χ4v) is 4.39. The predicted molar refractivity (Wildman–Crippen MR) is 142 cm³/mol. The van der Waals surface area contributed by atoms with Crippen molar-refractivity contribution in [1.82, 2.24) is 15.0 Å². The van der Waals surface area contributed by atoms with Crippen LogP contribution in [0.1, 0.15) is 47.0 Å². The molecule has 1 aromatic heterocycles. The molecule has 0 fully saturated rings. The SMILES string of the molecule is COc1ccc(C2=C(/C=C/c3nc(C(Cl)(Cl)Cl)nc(C(Cl)(Cl)Cl)n3)c3ccccc3C2C)cc1. The molecule has 0 saturated heterocycles. The van der Waals surface area contributed by atoms with Gasteiger partial charge in [0.15, 0.2) is 17.5 Å². The van der Waals surface area contributed by atoms with Crippen molar-refractivity contribution in [3.63, 3.8) is 0 Å². The van der Waals surface area contributed by atoms with Gasteiger partial charge in [0.1, 0.15) is 5.75 Å². The van der Waals surface area contributed by atoms with Gasteiger partial charge in [-0.3, -0.25) is 0 Å². The van der Waals surface area contributed by atoms with Gasteiger partial charge in [0, 0.05) is 5.92 Å². The second-order valence-electron chi connectivity index (χ2n) is 7.53. The fraction of sp³-hybridized carbons (Fsp3) is 0.208. The van der Waals surface area contributed by atoms with Gasteiger partial charge in [-0.1, -0.05) is 119 Å². The molecule has 0 saturated carbocycles. The first-order valence-corrected chi connectivity index (χ1v) is 12.3. The van der Waals surface area contributed by atoms with Gasteiger partial charge >= 0.3 is 0 Å². The number of hydrogen-bond acceptors (Lipinski definition) is 4. The first kappa shape index (κ1) is 25.6. The third-order valence-electron chi connectivity index (χ3n) is 5.40. The smallest absolute Gasteiger partial charge is 0.250 e. The highest BCUT2D eigenvalue weighted by Crippen LogP contribution is 2.47. The Morgan fingerprint density at radius 1 is 0.794 bits per heavy atom. The number of halogens is 6. The Bertz CT molecular complexity index is 1240. The Morgan fingerprint density at radius 2 is 1.38 bits per heavy atom. The zero-order valence-corrected chi connectivity index (χ0v) is 22.4. The molecule has 0 spiro atoms. The van der Waals surface area contributed by atoms with E-state index in [1.54, 1.807) is 13.2 Å². The number of methoxy groups -OCH3 is 1. The molecule has 0 amide bonds. The third kappa shape index (κ3) is 5.33. The summed E-state index contributed by atoms with van der Waals surface area (Å²) in [5.41, 5.74) is 5.56. The number of nitrogens with zero attached hydrogens (tertiary/aromatic N) is 3. The highest BCUT2D eigenvalue weighted by molar-refractivity contribution is 6.67. The molecule has 4 nitrogen and oxygen atoms in total. The largest absolute Gasteiger partial charge is 0.497 e. The van der Waals surface area contributed by atoms with E-state index >= 15 is 0 Å². The molecule has 1 heterocycles. The van der Waals surface area contributed by atoms with Crippen LogP contribution in [-0.4, -0.2) is 22.1 Å². The van der Waals surface area contributed by atoms with E-state index in [4.69, 9.17) is 74.3 Å². The molecule has 4 rings (SSSR count). The lowest BCUT2D eigenvalue weighted by atomic mass is 9.92. The molecule has 1 atom stereocenters.